The number of hydrogen-bond donors (Lipinski definition) is 2. The number of carbonyl (C=O) groups excluding carboxylic acids is 1. The third-order valence-electron chi connectivity index (χ3n) is 2.92. The van der Waals surface area contributed by atoms with Gasteiger partial charge in [-0.2, -0.15) is 0 Å². The Balaban J connectivity index is 2.19. The highest BCUT2D eigenvalue weighted by Gasteiger charge is 2.18. The van der Waals surface area contributed by atoms with Crippen LogP contribution >= 0.6 is 0 Å². The lowest BCUT2D eigenvalue weighted by atomic mass is 10.3. The van der Waals surface area contributed by atoms with E-state index >= 15 is 0 Å². The van der Waals surface area contributed by atoms with Crippen LogP contribution in [0.3, 0.4) is 0 Å². The van der Waals surface area contributed by atoms with Crippen molar-refractivity contribution in [2.45, 2.75) is 32.1 Å². The van der Waals surface area contributed by atoms with Crippen LogP contribution in [0.4, 0.5) is 0 Å². The maximum Gasteiger partial charge on any atom is 0.303 e. The average molecular weight is 292 g/mol. The summed E-state index contributed by atoms with van der Waals surface area (Å²) in [5, 5.41) is 8.42. The van der Waals surface area contributed by atoms with Gasteiger partial charge in [0.15, 0.2) is 0 Å². The number of carbonyl (C=O) groups is 2. The van der Waals surface area contributed by atoms with Crippen LogP contribution in [-0.4, -0.2) is 55.7 Å². The zero-order chi connectivity index (χ0) is 14.3. The van der Waals surface area contributed by atoms with E-state index in [9.17, 15) is 18.0 Å². The molecule has 0 atom stereocenters. The van der Waals surface area contributed by atoms with Crippen molar-refractivity contribution >= 4 is 21.9 Å². The molecule has 0 radical (unpaired) electrons. The van der Waals surface area contributed by atoms with Crippen LogP contribution in [0.15, 0.2) is 0 Å². The van der Waals surface area contributed by atoms with Crippen LogP contribution < -0.4 is 4.72 Å². The molecule has 0 unspecified atom stereocenters. The van der Waals surface area contributed by atoms with E-state index in [1.807, 2.05) is 0 Å². The fraction of sp³-hybridized carbons (Fsp3) is 0.818. The normalized spacial score (nSPS) is 15.7. The Morgan fingerprint density at radius 2 is 1.79 bits per heavy atom. The standard InChI is InChI=1S/C11H20N2O5S/c14-10(13-7-1-2-8-13)5-6-12-19(17,18)9-3-4-11(15)16/h12H,1-9H2,(H,15,16). The predicted molar refractivity (Wildman–Crippen MR) is 69.1 cm³/mol. The molecule has 7 nitrogen and oxygen atoms in total. The summed E-state index contributed by atoms with van der Waals surface area (Å²) in [4.78, 5) is 23.7. The summed E-state index contributed by atoms with van der Waals surface area (Å²) in [7, 11) is -3.48. The summed E-state index contributed by atoms with van der Waals surface area (Å²) in [5.41, 5.74) is 0. The minimum absolute atomic E-state index is 0.0364. The molecule has 0 aromatic rings. The number of rotatable bonds is 8. The molecule has 0 aromatic carbocycles. The lowest BCUT2D eigenvalue weighted by molar-refractivity contribution is -0.137. The molecule has 0 saturated carbocycles. The highest BCUT2D eigenvalue weighted by molar-refractivity contribution is 7.89. The van der Waals surface area contributed by atoms with Crippen molar-refractivity contribution in [1.29, 1.82) is 0 Å². The fourth-order valence-electron chi connectivity index (χ4n) is 1.92. The maximum absolute atomic E-state index is 11.6. The fourth-order valence-corrected chi connectivity index (χ4v) is 3.01. The first kappa shape index (κ1) is 15.9. The maximum atomic E-state index is 11.6. The van der Waals surface area contributed by atoms with Gasteiger partial charge in [0.05, 0.1) is 5.75 Å². The van der Waals surface area contributed by atoms with E-state index in [1.54, 1.807) is 4.90 Å². The first-order valence-electron chi connectivity index (χ1n) is 6.37. The van der Waals surface area contributed by atoms with Gasteiger partial charge in [0.2, 0.25) is 15.9 Å². The molecule has 0 aromatic heterocycles. The van der Waals surface area contributed by atoms with Gasteiger partial charge in [-0.25, -0.2) is 13.1 Å². The topological polar surface area (TPSA) is 104 Å². The lowest BCUT2D eigenvalue weighted by Gasteiger charge is -2.15. The predicted octanol–water partition coefficient (Wildman–Crippen LogP) is -0.217. The monoisotopic (exact) mass is 292 g/mol. The zero-order valence-electron chi connectivity index (χ0n) is 10.8. The van der Waals surface area contributed by atoms with Gasteiger partial charge >= 0.3 is 5.97 Å². The Kier molecular flexibility index (Phi) is 6.23. The molecule has 1 aliphatic rings. The minimum Gasteiger partial charge on any atom is -0.481 e. The van der Waals surface area contributed by atoms with Crippen LogP contribution in [0, 0.1) is 0 Å². The van der Waals surface area contributed by atoms with Crippen molar-refractivity contribution in [2.75, 3.05) is 25.4 Å². The first-order chi connectivity index (χ1) is 8.91. The second-order valence-electron chi connectivity index (χ2n) is 4.55. The van der Waals surface area contributed by atoms with E-state index in [2.05, 4.69) is 4.72 Å². The van der Waals surface area contributed by atoms with Crippen LogP contribution in [0.1, 0.15) is 32.1 Å². The number of carboxylic acid groups (broad SMARTS) is 1. The van der Waals surface area contributed by atoms with Gasteiger partial charge in [-0.1, -0.05) is 0 Å². The van der Waals surface area contributed by atoms with Crippen molar-refractivity contribution < 1.29 is 23.1 Å². The summed E-state index contributed by atoms with van der Waals surface area (Å²) < 4.78 is 25.3. The van der Waals surface area contributed by atoms with Gasteiger partial charge in [0.25, 0.3) is 0 Å². The summed E-state index contributed by atoms with van der Waals surface area (Å²) in [5.74, 6) is -1.28. The lowest BCUT2D eigenvalue weighted by Crippen LogP contribution is -2.33. The molecular weight excluding hydrogens is 272 g/mol. The molecule has 1 rings (SSSR count). The highest BCUT2D eigenvalue weighted by atomic mass is 32.2. The molecule has 2 N–H and O–H groups in total. The van der Waals surface area contributed by atoms with Crippen LogP contribution in [0.25, 0.3) is 0 Å². The summed E-state index contributed by atoms with van der Waals surface area (Å²) in [6.45, 7) is 1.58. The summed E-state index contributed by atoms with van der Waals surface area (Å²) in [6.07, 6.45) is 2.07. The van der Waals surface area contributed by atoms with Crippen LogP contribution in [0.5, 0.6) is 0 Å². The molecule has 1 aliphatic heterocycles. The summed E-state index contributed by atoms with van der Waals surface area (Å²) >= 11 is 0. The van der Waals surface area contributed by atoms with Gasteiger partial charge in [0, 0.05) is 32.5 Å². The molecule has 19 heavy (non-hydrogen) atoms. The van der Waals surface area contributed by atoms with Crippen molar-refractivity contribution in [3.05, 3.63) is 0 Å². The number of likely N-dealkylation sites (tertiary alicyclic amines) is 1. The third kappa shape index (κ3) is 6.53. The zero-order valence-corrected chi connectivity index (χ0v) is 11.6. The van der Waals surface area contributed by atoms with Gasteiger partial charge in [-0.15, -0.1) is 0 Å². The Morgan fingerprint density at radius 3 is 2.37 bits per heavy atom. The Labute approximate surface area is 113 Å². The van der Waals surface area contributed by atoms with E-state index in [4.69, 9.17) is 5.11 Å². The molecule has 8 heteroatoms. The smallest absolute Gasteiger partial charge is 0.303 e. The van der Waals surface area contributed by atoms with Gasteiger partial charge in [-0.3, -0.25) is 9.59 Å². The molecule has 0 spiro atoms. The van der Waals surface area contributed by atoms with Gasteiger partial charge in [0.1, 0.15) is 0 Å². The van der Waals surface area contributed by atoms with Gasteiger partial charge in [-0.05, 0) is 19.3 Å². The number of hydrogen-bond acceptors (Lipinski definition) is 4. The minimum atomic E-state index is -3.48. The van der Waals surface area contributed by atoms with Crippen molar-refractivity contribution in [2.24, 2.45) is 0 Å². The molecule has 0 bridgehead atoms. The molecule has 1 amide bonds. The molecule has 0 aliphatic carbocycles. The number of carboxylic acids is 1. The molecule has 110 valence electrons. The van der Waals surface area contributed by atoms with E-state index in [-0.39, 0.29) is 37.5 Å². The third-order valence-corrected chi connectivity index (χ3v) is 4.39. The number of sulfonamides is 1. The van der Waals surface area contributed by atoms with E-state index < -0.39 is 16.0 Å². The SMILES string of the molecule is O=C(O)CCCS(=O)(=O)NCCC(=O)N1CCCC1. The quantitative estimate of drug-likeness (QED) is 0.644. The van der Waals surface area contributed by atoms with Crippen molar-refractivity contribution in [3.63, 3.8) is 0 Å². The van der Waals surface area contributed by atoms with E-state index in [1.165, 1.54) is 0 Å². The molecule has 1 saturated heterocycles. The number of nitrogens with one attached hydrogen (secondary N) is 1. The Bertz CT molecular complexity index is 415. The van der Waals surface area contributed by atoms with Crippen molar-refractivity contribution in [1.82, 2.24) is 9.62 Å². The van der Waals surface area contributed by atoms with Crippen LogP contribution in [-0.2, 0) is 19.6 Å². The largest absolute Gasteiger partial charge is 0.481 e. The number of aliphatic carboxylic acids is 1. The molecular formula is C11H20N2O5S. The highest BCUT2D eigenvalue weighted by Crippen LogP contribution is 2.08. The van der Waals surface area contributed by atoms with Crippen LogP contribution in [0.2, 0.25) is 0 Å². The molecule has 1 heterocycles. The average Bonchev–Trinajstić information content (AvgIpc) is 2.81. The Morgan fingerprint density at radius 1 is 1.16 bits per heavy atom. The summed E-state index contributed by atoms with van der Waals surface area (Å²) in [6, 6.07) is 0. The number of nitrogens with zero attached hydrogens (tertiary/aromatic N) is 1. The first-order valence-corrected chi connectivity index (χ1v) is 8.03. The van der Waals surface area contributed by atoms with E-state index in [0.29, 0.717) is 0 Å². The second-order valence-corrected chi connectivity index (χ2v) is 6.47. The van der Waals surface area contributed by atoms with Gasteiger partial charge < -0.3 is 10.0 Å². The number of amides is 1. The van der Waals surface area contributed by atoms with Crippen molar-refractivity contribution in [3.8, 4) is 0 Å². The second kappa shape index (κ2) is 7.44. The Hall–Kier alpha value is -1.15. The molecule has 1 fully saturated rings. The van der Waals surface area contributed by atoms with E-state index in [0.717, 1.165) is 25.9 Å².